The molecule has 0 bridgehead atoms. The van der Waals surface area contributed by atoms with Gasteiger partial charge >= 0.3 is 0 Å². The van der Waals surface area contributed by atoms with Crippen molar-refractivity contribution in [1.29, 1.82) is 0 Å². The van der Waals surface area contributed by atoms with E-state index in [2.05, 4.69) is 45.4 Å². The second-order valence-electron chi connectivity index (χ2n) is 7.99. The van der Waals surface area contributed by atoms with E-state index in [1.807, 2.05) is 18.2 Å². The Morgan fingerprint density at radius 2 is 1.93 bits per heavy atom. The molecule has 1 fully saturated rings. The standard InChI is InChI=1S/C24H31N3O3/c1-29-22-8-9-23-19(17-22)16-20(18-30-23)24(28)25-10-5-11-26-12-14-27(15-13-26)21-6-3-2-4-7-21/h2-4,6-9,17,20H,5,10-16,18H2,1H3,(H,25,28)/t20-/m1/s1. The van der Waals surface area contributed by atoms with Gasteiger partial charge in [-0.1, -0.05) is 18.2 Å². The Balaban J connectivity index is 1.15. The highest BCUT2D eigenvalue weighted by atomic mass is 16.5. The van der Waals surface area contributed by atoms with Gasteiger partial charge in [-0.3, -0.25) is 9.69 Å². The van der Waals surface area contributed by atoms with Gasteiger partial charge in [-0.2, -0.15) is 0 Å². The van der Waals surface area contributed by atoms with Crippen LogP contribution in [0.1, 0.15) is 12.0 Å². The lowest BCUT2D eigenvalue weighted by molar-refractivity contribution is -0.126. The molecule has 0 aliphatic carbocycles. The zero-order chi connectivity index (χ0) is 20.8. The van der Waals surface area contributed by atoms with Crippen LogP contribution < -0.4 is 19.7 Å². The predicted molar refractivity (Wildman–Crippen MR) is 118 cm³/mol. The molecule has 0 spiro atoms. The number of carbonyl (C=O) groups excluding carboxylic acids is 1. The minimum Gasteiger partial charge on any atom is -0.497 e. The summed E-state index contributed by atoms with van der Waals surface area (Å²) in [5.74, 6) is 1.59. The van der Waals surface area contributed by atoms with E-state index in [0.29, 0.717) is 19.6 Å². The van der Waals surface area contributed by atoms with Gasteiger partial charge in [0.2, 0.25) is 5.91 Å². The van der Waals surface area contributed by atoms with E-state index in [4.69, 9.17) is 9.47 Å². The number of ether oxygens (including phenoxy) is 2. The van der Waals surface area contributed by atoms with E-state index in [9.17, 15) is 4.79 Å². The van der Waals surface area contributed by atoms with Crippen LogP contribution >= 0.6 is 0 Å². The van der Waals surface area contributed by atoms with Crippen LogP contribution in [0.2, 0.25) is 0 Å². The van der Waals surface area contributed by atoms with Gasteiger partial charge in [0.1, 0.15) is 18.1 Å². The molecule has 160 valence electrons. The second kappa shape index (κ2) is 9.85. The predicted octanol–water partition coefficient (Wildman–Crippen LogP) is 2.57. The molecule has 2 aliphatic heterocycles. The first-order valence-corrected chi connectivity index (χ1v) is 10.8. The van der Waals surface area contributed by atoms with Gasteiger partial charge < -0.3 is 19.7 Å². The molecule has 2 aliphatic rings. The van der Waals surface area contributed by atoms with Crippen LogP contribution in [0.4, 0.5) is 5.69 Å². The number of amides is 1. The molecule has 2 heterocycles. The molecule has 2 aromatic carbocycles. The number of rotatable bonds is 7. The minimum absolute atomic E-state index is 0.0809. The molecule has 6 heteroatoms. The van der Waals surface area contributed by atoms with Crippen molar-refractivity contribution in [2.45, 2.75) is 12.8 Å². The molecule has 0 aromatic heterocycles. The number of benzene rings is 2. The highest BCUT2D eigenvalue weighted by Crippen LogP contribution is 2.30. The van der Waals surface area contributed by atoms with Crippen molar-refractivity contribution in [3.63, 3.8) is 0 Å². The Bertz CT molecular complexity index is 835. The van der Waals surface area contributed by atoms with Crippen molar-refractivity contribution < 1.29 is 14.3 Å². The lowest BCUT2D eigenvalue weighted by atomic mass is 9.96. The first-order valence-electron chi connectivity index (χ1n) is 10.8. The van der Waals surface area contributed by atoms with Crippen molar-refractivity contribution in [3.05, 3.63) is 54.1 Å². The third kappa shape index (κ3) is 5.05. The quantitative estimate of drug-likeness (QED) is 0.713. The molecular weight excluding hydrogens is 378 g/mol. The third-order valence-electron chi connectivity index (χ3n) is 5.99. The summed E-state index contributed by atoms with van der Waals surface area (Å²) in [6.45, 7) is 6.41. The summed E-state index contributed by atoms with van der Waals surface area (Å²) in [6.07, 6.45) is 1.66. The summed E-state index contributed by atoms with van der Waals surface area (Å²) in [5.41, 5.74) is 2.34. The van der Waals surface area contributed by atoms with Crippen LogP contribution in [0.3, 0.4) is 0 Å². The lowest BCUT2D eigenvalue weighted by Crippen LogP contribution is -2.47. The van der Waals surface area contributed by atoms with E-state index >= 15 is 0 Å². The van der Waals surface area contributed by atoms with Gasteiger partial charge in [0.25, 0.3) is 0 Å². The van der Waals surface area contributed by atoms with Gasteiger partial charge in [0.05, 0.1) is 13.0 Å². The van der Waals surface area contributed by atoms with E-state index in [0.717, 1.165) is 56.2 Å². The number of anilines is 1. The first kappa shape index (κ1) is 20.5. The third-order valence-corrected chi connectivity index (χ3v) is 5.99. The summed E-state index contributed by atoms with van der Waals surface area (Å²) in [7, 11) is 1.65. The van der Waals surface area contributed by atoms with Crippen LogP contribution in [0.15, 0.2) is 48.5 Å². The van der Waals surface area contributed by atoms with Crippen LogP contribution in [-0.4, -0.2) is 63.8 Å². The fourth-order valence-electron chi connectivity index (χ4n) is 4.19. The molecule has 0 radical (unpaired) electrons. The Morgan fingerprint density at radius 1 is 1.13 bits per heavy atom. The van der Waals surface area contributed by atoms with E-state index in [1.54, 1.807) is 7.11 Å². The lowest BCUT2D eigenvalue weighted by Gasteiger charge is -2.36. The molecule has 2 aromatic rings. The maximum atomic E-state index is 12.6. The van der Waals surface area contributed by atoms with Crippen LogP contribution in [0.5, 0.6) is 11.5 Å². The molecule has 1 amide bonds. The second-order valence-corrected chi connectivity index (χ2v) is 7.99. The monoisotopic (exact) mass is 409 g/mol. The number of nitrogens with one attached hydrogen (secondary N) is 1. The van der Waals surface area contributed by atoms with Crippen molar-refractivity contribution >= 4 is 11.6 Å². The van der Waals surface area contributed by atoms with E-state index in [1.165, 1.54) is 5.69 Å². The van der Waals surface area contributed by atoms with Crippen molar-refractivity contribution in [1.82, 2.24) is 10.2 Å². The fraction of sp³-hybridized carbons (Fsp3) is 0.458. The summed E-state index contributed by atoms with van der Waals surface area (Å²) in [4.78, 5) is 17.5. The largest absolute Gasteiger partial charge is 0.497 e. The fourth-order valence-corrected chi connectivity index (χ4v) is 4.19. The maximum absolute atomic E-state index is 12.6. The molecule has 1 saturated heterocycles. The summed E-state index contributed by atoms with van der Waals surface area (Å²) < 4.78 is 11.1. The smallest absolute Gasteiger partial charge is 0.226 e. The van der Waals surface area contributed by atoms with Crippen molar-refractivity contribution in [3.8, 4) is 11.5 Å². The average Bonchev–Trinajstić information content (AvgIpc) is 2.82. The average molecular weight is 410 g/mol. The van der Waals surface area contributed by atoms with E-state index in [-0.39, 0.29) is 11.8 Å². The number of hydrogen-bond acceptors (Lipinski definition) is 5. The molecule has 1 N–H and O–H groups in total. The van der Waals surface area contributed by atoms with Gasteiger partial charge in [-0.25, -0.2) is 0 Å². The van der Waals surface area contributed by atoms with Gasteiger partial charge in [0.15, 0.2) is 0 Å². The first-order chi connectivity index (χ1) is 14.7. The number of hydrogen-bond donors (Lipinski definition) is 1. The molecule has 6 nitrogen and oxygen atoms in total. The highest BCUT2D eigenvalue weighted by Gasteiger charge is 2.26. The van der Waals surface area contributed by atoms with Crippen molar-refractivity contribution in [2.75, 3.05) is 57.9 Å². The van der Waals surface area contributed by atoms with E-state index < -0.39 is 0 Å². The molecular formula is C24H31N3O3. The normalized spacial score (nSPS) is 19.0. The zero-order valence-electron chi connectivity index (χ0n) is 17.7. The number of carbonyl (C=O) groups is 1. The Labute approximate surface area is 178 Å². The summed E-state index contributed by atoms with van der Waals surface area (Å²) >= 11 is 0. The van der Waals surface area contributed by atoms with Gasteiger partial charge in [-0.15, -0.1) is 0 Å². The van der Waals surface area contributed by atoms with Crippen LogP contribution in [-0.2, 0) is 11.2 Å². The molecule has 0 unspecified atom stereocenters. The number of nitrogens with zero attached hydrogens (tertiary/aromatic N) is 2. The number of fused-ring (bicyclic) bond motifs is 1. The number of piperazine rings is 1. The maximum Gasteiger partial charge on any atom is 0.226 e. The number of methoxy groups -OCH3 is 1. The SMILES string of the molecule is COc1ccc2c(c1)C[C@@H](C(=O)NCCCN1CCN(c3ccccc3)CC1)CO2. The van der Waals surface area contributed by atoms with Crippen molar-refractivity contribution in [2.24, 2.45) is 5.92 Å². The molecule has 30 heavy (non-hydrogen) atoms. The van der Waals surface area contributed by atoms with Gasteiger partial charge in [-0.05, 0) is 55.3 Å². The van der Waals surface area contributed by atoms with Crippen LogP contribution in [0, 0.1) is 5.92 Å². The Hall–Kier alpha value is -2.73. The topological polar surface area (TPSA) is 54.0 Å². The Kier molecular flexibility index (Phi) is 6.74. The zero-order valence-corrected chi connectivity index (χ0v) is 17.7. The molecule has 0 saturated carbocycles. The minimum atomic E-state index is -0.140. The molecule has 4 rings (SSSR count). The Morgan fingerprint density at radius 3 is 2.70 bits per heavy atom. The van der Waals surface area contributed by atoms with Crippen LogP contribution in [0.25, 0.3) is 0 Å². The summed E-state index contributed by atoms with van der Waals surface area (Å²) in [5, 5.41) is 3.10. The summed E-state index contributed by atoms with van der Waals surface area (Å²) in [6, 6.07) is 16.4. The molecule has 1 atom stereocenters. The van der Waals surface area contributed by atoms with Gasteiger partial charge in [0, 0.05) is 38.4 Å². The highest BCUT2D eigenvalue weighted by molar-refractivity contribution is 5.79. The number of para-hydroxylation sites is 1.